The number of carbonyl (C=O) groups is 1. The fourth-order valence-corrected chi connectivity index (χ4v) is 2.46. The Hall–Kier alpha value is -1.58. The van der Waals surface area contributed by atoms with Crippen LogP contribution in [-0.4, -0.2) is 32.0 Å². The molecule has 0 saturated heterocycles. The topological polar surface area (TPSA) is 29.5 Å². The van der Waals surface area contributed by atoms with Gasteiger partial charge in [-0.2, -0.15) is 0 Å². The zero-order chi connectivity index (χ0) is 14.7. The van der Waals surface area contributed by atoms with Crippen LogP contribution in [0.15, 0.2) is 35.4 Å². The van der Waals surface area contributed by atoms with Crippen LogP contribution in [-0.2, 0) is 11.3 Å². The summed E-state index contributed by atoms with van der Waals surface area (Å²) < 4.78 is 5.25. The van der Waals surface area contributed by atoms with Crippen LogP contribution in [0.4, 0.5) is 0 Å². The van der Waals surface area contributed by atoms with Crippen LogP contribution in [0.3, 0.4) is 0 Å². The Labute approximate surface area is 124 Å². The molecule has 1 aliphatic rings. The average molecular weight is 292 g/mol. The third-order valence-electron chi connectivity index (χ3n) is 3.23. The van der Waals surface area contributed by atoms with Crippen molar-refractivity contribution >= 4 is 23.1 Å². The summed E-state index contributed by atoms with van der Waals surface area (Å²) in [6.07, 6.45) is 4.66. The van der Waals surface area contributed by atoms with Crippen LogP contribution in [0.5, 0.6) is 0 Å². The minimum atomic E-state index is -0.00883. The number of allylic oxidation sites excluding steroid dienone is 4. The van der Waals surface area contributed by atoms with Crippen molar-refractivity contribution < 1.29 is 9.53 Å². The van der Waals surface area contributed by atoms with Crippen molar-refractivity contribution in [1.82, 2.24) is 4.90 Å². The van der Waals surface area contributed by atoms with Crippen LogP contribution < -0.4 is 0 Å². The van der Waals surface area contributed by atoms with Gasteiger partial charge in [0.1, 0.15) is 0 Å². The Bertz CT molecular complexity index is 588. The Balaban J connectivity index is 2.36. The summed E-state index contributed by atoms with van der Waals surface area (Å²) in [5, 5.41) is 0.830. The summed E-state index contributed by atoms with van der Waals surface area (Å²) in [7, 11) is 5.14. The first-order valence-corrected chi connectivity index (χ1v) is 6.80. The predicted molar refractivity (Wildman–Crippen MR) is 81.7 cm³/mol. The highest BCUT2D eigenvalue weighted by atomic mass is 35.5. The minimum Gasteiger partial charge on any atom is -0.380 e. The van der Waals surface area contributed by atoms with Crippen molar-refractivity contribution in [2.24, 2.45) is 0 Å². The predicted octanol–water partition coefficient (Wildman–Crippen LogP) is 3.44. The van der Waals surface area contributed by atoms with E-state index in [1.807, 2.05) is 30.4 Å². The first-order valence-electron chi connectivity index (χ1n) is 6.42. The molecule has 0 unspecified atom stereocenters. The molecule has 0 fully saturated rings. The van der Waals surface area contributed by atoms with Gasteiger partial charge in [-0.25, -0.2) is 0 Å². The van der Waals surface area contributed by atoms with Crippen LogP contribution in [0.25, 0.3) is 5.57 Å². The molecule has 0 radical (unpaired) electrons. The smallest absolute Gasteiger partial charge is 0.253 e. The van der Waals surface area contributed by atoms with E-state index in [4.69, 9.17) is 16.3 Å². The van der Waals surface area contributed by atoms with E-state index in [0.717, 1.165) is 28.2 Å². The molecule has 0 bridgehead atoms. The van der Waals surface area contributed by atoms with Crippen molar-refractivity contribution in [3.05, 3.63) is 52.1 Å². The lowest BCUT2D eigenvalue weighted by Crippen LogP contribution is -2.21. The van der Waals surface area contributed by atoms with Crippen molar-refractivity contribution in [2.45, 2.75) is 13.0 Å². The van der Waals surface area contributed by atoms with Crippen LogP contribution in [0, 0.1) is 0 Å². The quantitative estimate of drug-likeness (QED) is 0.850. The molecular weight excluding hydrogens is 274 g/mol. The zero-order valence-electron chi connectivity index (χ0n) is 11.9. The number of hydrogen-bond acceptors (Lipinski definition) is 2. The van der Waals surface area contributed by atoms with Gasteiger partial charge in [-0.15, -0.1) is 0 Å². The molecule has 0 heterocycles. The molecule has 0 spiro atoms. The molecule has 1 aromatic rings. The van der Waals surface area contributed by atoms with Gasteiger partial charge in [-0.1, -0.05) is 23.7 Å². The molecule has 0 saturated carbocycles. The van der Waals surface area contributed by atoms with Gasteiger partial charge in [0, 0.05) is 38.2 Å². The largest absolute Gasteiger partial charge is 0.380 e. The lowest BCUT2D eigenvalue weighted by atomic mass is 9.97. The average Bonchev–Trinajstić information content (AvgIpc) is 2.84. The van der Waals surface area contributed by atoms with E-state index in [2.05, 4.69) is 0 Å². The third-order valence-corrected chi connectivity index (χ3v) is 3.49. The number of halogens is 1. The van der Waals surface area contributed by atoms with Gasteiger partial charge in [-0.05, 0) is 34.9 Å². The Morgan fingerprint density at radius 1 is 1.35 bits per heavy atom. The first kappa shape index (κ1) is 14.8. The molecule has 0 aromatic heterocycles. The highest BCUT2D eigenvalue weighted by molar-refractivity contribution is 6.31. The maximum Gasteiger partial charge on any atom is 0.253 e. The highest BCUT2D eigenvalue weighted by Gasteiger charge is 2.15. The normalized spacial score (nSPS) is 14.0. The Morgan fingerprint density at radius 2 is 2.10 bits per heavy atom. The number of benzene rings is 1. The van der Waals surface area contributed by atoms with Crippen molar-refractivity contribution in [1.29, 1.82) is 0 Å². The standard InChI is InChI=1S/C16H18ClNO2/c1-18(2)16(19)12-5-7-15(13(8-12)10-20-3)11-4-6-14(17)9-11/h4-8H,9-10H2,1-3H3. The number of methoxy groups -OCH3 is 1. The molecule has 1 amide bonds. The molecule has 20 heavy (non-hydrogen) atoms. The lowest BCUT2D eigenvalue weighted by Gasteiger charge is -2.15. The molecule has 4 heteroatoms. The molecule has 0 N–H and O–H groups in total. The zero-order valence-corrected chi connectivity index (χ0v) is 12.7. The summed E-state index contributed by atoms with van der Waals surface area (Å²) in [5.41, 5.74) is 3.93. The summed E-state index contributed by atoms with van der Waals surface area (Å²) in [4.78, 5) is 13.6. The molecule has 3 nitrogen and oxygen atoms in total. The van der Waals surface area contributed by atoms with Crippen LogP contribution >= 0.6 is 11.6 Å². The maximum atomic E-state index is 12.0. The van der Waals surface area contributed by atoms with Crippen LogP contribution in [0.2, 0.25) is 0 Å². The van der Waals surface area contributed by atoms with Crippen molar-refractivity contribution in [2.75, 3.05) is 21.2 Å². The van der Waals surface area contributed by atoms with E-state index < -0.39 is 0 Å². The fourth-order valence-electron chi connectivity index (χ4n) is 2.25. The molecule has 1 aliphatic carbocycles. The lowest BCUT2D eigenvalue weighted by molar-refractivity contribution is 0.0827. The Morgan fingerprint density at radius 3 is 2.65 bits per heavy atom. The van der Waals surface area contributed by atoms with Gasteiger partial charge in [-0.3, -0.25) is 4.79 Å². The molecule has 106 valence electrons. The molecule has 1 aromatic carbocycles. The van der Waals surface area contributed by atoms with Gasteiger partial charge < -0.3 is 9.64 Å². The maximum absolute atomic E-state index is 12.0. The van der Waals surface area contributed by atoms with Gasteiger partial charge in [0.05, 0.1) is 6.61 Å². The second-order valence-electron chi connectivity index (χ2n) is 4.99. The van der Waals surface area contributed by atoms with E-state index in [1.165, 1.54) is 0 Å². The SMILES string of the molecule is COCc1cc(C(=O)N(C)C)ccc1C1=CC=C(Cl)C1. The van der Waals surface area contributed by atoms with E-state index >= 15 is 0 Å². The van der Waals surface area contributed by atoms with Crippen molar-refractivity contribution in [3.8, 4) is 0 Å². The number of hydrogen-bond donors (Lipinski definition) is 0. The molecule has 2 rings (SSSR count). The van der Waals surface area contributed by atoms with E-state index in [1.54, 1.807) is 26.1 Å². The van der Waals surface area contributed by atoms with E-state index in [-0.39, 0.29) is 5.91 Å². The summed E-state index contributed by atoms with van der Waals surface area (Å²) >= 11 is 6.03. The summed E-state index contributed by atoms with van der Waals surface area (Å²) in [5.74, 6) is -0.00883. The van der Waals surface area contributed by atoms with Gasteiger partial charge in [0.15, 0.2) is 0 Å². The number of carbonyl (C=O) groups excluding carboxylic acids is 1. The monoisotopic (exact) mass is 291 g/mol. The van der Waals surface area contributed by atoms with Crippen LogP contribution in [0.1, 0.15) is 27.9 Å². The number of nitrogens with zero attached hydrogens (tertiary/aromatic N) is 1. The second-order valence-corrected chi connectivity index (χ2v) is 5.47. The van der Waals surface area contributed by atoms with E-state index in [9.17, 15) is 4.79 Å². The molecular formula is C16H18ClNO2. The number of amides is 1. The Kier molecular flexibility index (Phi) is 4.63. The molecule has 0 atom stereocenters. The third kappa shape index (κ3) is 3.11. The first-order chi connectivity index (χ1) is 9.52. The highest BCUT2D eigenvalue weighted by Crippen LogP contribution is 2.32. The fraction of sp³-hybridized carbons (Fsp3) is 0.312. The van der Waals surface area contributed by atoms with E-state index in [0.29, 0.717) is 12.2 Å². The number of ether oxygens (including phenoxy) is 1. The van der Waals surface area contributed by atoms with Gasteiger partial charge in [0.2, 0.25) is 0 Å². The van der Waals surface area contributed by atoms with Gasteiger partial charge in [0.25, 0.3) is 5.91 Å². The second kappa shape index (κ2) is 6.25. The summed E-state index contributed by atoms with van der Waals surface area (Å²) in [6.45, 7) is 0.471. The van der Waals surface area contributed by atoms with Crippen molar-refractivity contribution in [3.63, 3.8) is 0 Å². The molecule has 0 aliphatic heterocycles. The van der Waals surface area contributed by atoms with Gasteiger partial charge >= 0.3 is 0 Å². The minimum absolute atomic E-state index is 0.00883. The summed E-state index contributed by atoms with van der Waals surface area (Å²) in [6, 6.07) is 5.72. The number of rotatable bonds is 4.